The molecule has 0 aliphatic heterocycles. The van der Waals surface area contributed by atoms with Gasteiger partial charge in [-0.05, 0) is 68.6 Å². The largest absolute Gasteiger partial charge is 0.322 e. The Kier molecular flexibility index (Phi) is 2.41. The minimum Gasteiger partial charge on any atom is -0.322 e. The molecule has 18 heavy (non-hydrogen) atoms. The molecule has 1 aromatic rings. The molecule has 1 atom stereocenters. The van der Waals surface area contributed by atoms with E-state index in [9.17, 15) is 0 Å². The summed E-state index contributed by atoms with van der Waals surface area (Å²) in [4.78, 5) is 4.66. The molecular weight excluding hydrogens is 240 g/mol. The van der Waals surface area contributed by atoms with Crippen molar-refractivity contribution in [3.05, 3.63) is 16.1 Å². The lowest BCUT2D eigenvalue weighted by atomic mass is 9.48. The summed E-state index contributed by atoms with van der Waals surface area (Å²) < 4.78 is 0. The predicted molar refractivity (Wildman–Crippen MR) is 74.4 cm³/mol. The third-order valence-corrected chi connectivity index (χ3v) is 6.69. The number of nitrogens with zero attached hydrogens (tertiary/aromatic N) is 1. The first-order valence-corrected chi connectivity index (χ1v) is 8.20. The maximum Gasteiger partial charge on any atom is 0.110 e. The highest BCUT2D eigenvalue weighted by molar-refractivity contribution is 7.09. The zero-order valence-corrected chi connectivity index (χ0v) is 11.9. The van der Waals surface area contributed by atoms with E-state index in [0.29, 0.717) is 5.41 Å². The van der Waals surface area contributed by atoms with E-state index >= 15 is 0 Å². The molecular formula is C15H22N2S. The van der Waals surface area contributed by atoms with Crippen LogP contribution in [0.1, 0.15) is 55.3 Å². The molecule has 98 valence electrons. The van der Waals surface area contributed by atoms with Crippen LogP contribution in [0.5, 0.6) is 0 Å². The fourth-order valence-corrected chi connectivity index (χ4v) is 6.27. The van der Waals surface area contributed by atoms with Crippen molar-refractivity contribution in [2.75, 3.05) is 0 Å². The molecule has 2 N–H and O–H groups in total. The van der Waals surface area contributed by atoms with Crippen LogP contribution in [0.15, 0.2) is 5.38 Å². The predicted octanol–water partition coefficient (Wildman–Crippen LogP) is 3.67. The summed E-state index contributed by atoms with van der Waals surface area (Å²) in [5, 5.41) is 3.34. The lowest BCUT2D eigenvalue weighted by molar-refractivity contribution is -0.0678. The van der Waals surface area contributed by atoms with E-state index in [1.54, 1.807) is 11.3 Å². The number of hydrogen-bond acceptors (Lipinski definition) is 3. The van der Waals surface area contributed by atoms with Gasteiger partial charge < -0.3 is 5.73 Å². The van der Waals surface area contributed by atoms with Crippen LogP contribution in [-0.2, 0) is 0 Å². The average molecular weight is 262 g/mol. The maximum absolute atomic E-state index is 6.66. The number of thiazole rings is 1. The van der Waals surface area contributed by atoms with E-state index in [-0.39, 0.29) is 6.04 Å². The third kappa shape index (κ3) is 1.60. The standard InChI is InChI=1S/C15H22N2S/c1-9-8-18-14(17-9)13(16)15-5-10-2-11(6-15)4-12(3-10)7-15/h8,10-13H,2-7,16H2,1H3. The highest BCUT2D eigenvalue weighted by atomic mass is 32.1. The normalized spacial score (nSPS) is 43.3. The highest BCUT2D eigenvalue weighted by Gasteiger charge is 2.54. The second-order valence-electron chi connectivity index (χ2n) is 7.08. The molecule has 4 aliphatic carbocycles. The Bertz CT molecular complexity index is 430. The second-order valence-corrected chi connectivity index (χ2v) is 7.97. The summed E-state index contributed by atoms with van der Waals surface area (Å²) in [6, 6.07) is 0.199. The van der Waals surface area contributed by atoms with Crippen molar-refractivity contribution in [2.24, 2.45) is 28.9 Å². The Morgan fingerprint density at radius 3 is 2.22 bits per heavy atom. The SMILES string of the molecule is Cc1csc(C(N)C23CC4CC(CC(C4)C2)C3)n1. The molecule has 1 unspecified atom stereocenters. The molecule has 0 spiro atoms. The Balaban J connectivity index is 1.67. The topological polar surface area (TPSA) is 38.9 Å². The van der Waals surface area contributed by atoms with Crippen LogP contribution in [0.4, 0.5) is 0 Å². The summed E-state index contributed by atoms with van der Waals surface area (Å²) in [5.41, 5.74) is 8.19. The maximum atomic E-state index is 6.66. The minimum atomic E-state index is 0.199. The molecule has 1 aromatic heterocycles. The van der Waals surface area contributed by atoms with Gasteiger partial charge in [0.25, 0.3) is 0 Å². The summed E-state index contributed by atoms with van der Waals surface area (Å²) in [6.07, 6.45) is 8.59. The van der Waals surface area contributed by atoms with E-state index in [1.807, 2.05) is 0 Å². The lowest BCUT2D eigenvalue weighted by Gasteiger charge is -2.58. The van der Waals surface area contributed by atoms with E-state index in [0.717, 1.165) is 23.4 Å². The number of aromatic nitrogens is 1. The smallest absolute Gasteiger partial charge is 0.110 e. The Morgan fingerprint density at radius 2 is 1.78 bits per heavy atom. The monoisotopic (exact) mass is 262 g/mol. The van der Waals surface area contributed by atoms with Crippen LogP contribution in [0.2, 0.25) is 0 Å². The average Bonchev–Trinajstić information content (AvgIpc) is 2.73. The molecule has 5 rings (SSSR count). The molecule has 2 nitrogen and oxygen atoms in total. The summed E-state index contributed by atoms with van der Waals surface area (Å²) in [7, 11) is 0. The first-order chi connectivity index (χ1) is 8.64. The van der Waals surface area contributed by atoms with Gasteiger partial charge in [0.05, 0.1) is 6.04 Å². The zero-order chi connectivity index (χ0) is 12.3. The molecule has 4 saturated carbocycles. The number of rotatable bonds is 2. The number of aryl methyl sites for hydroxylation is 1. The summed E-state index contributed by atoms with van der Waals surface area (Å²) in [6.45, 7) is 2.08. The zero-order valence-electron chi connectivity index (χ0n) is 11.1. The van der Waals surface area contributed by atoms with Gasteiger partial charge in [-0.15, -0.1) is 11.3 Å². The highest BCUT2D eigenvalue weighted by Crippen LogP contribution is 2.63. The van der Waals surface area contributed by atoms with Crippen molar-refractivity contribution in [1.29, 1.82) is 0 Å². The molecule has 0 radical (unpaired) electrons. The Labute approximate surface area is 113 Å². The van der Waals surface area contributed by atoms with Gasteiger partial charge in [-0.3, -0.25) is 0 Å². The van der Waals surface area contributed by atoms with Gasteiger partial charge in [0.15, 0.2) is 0 Å². The number of nitrogens with two attached hydrogens (primary N) is 1. The van der Waals surface area contributed by atoms with Crippen molar-refractivity contribution in [2.45, 2.75) is 51.5 Å². The molecule has 0 amide bonds. The van der Waals surface area contributed by atoms with Crippen molar-refractivity contribution in [3.63, 3.8) is 0 Å². The Hall–Kier alpha value is -0.410. The number of hydrogen-bond donors (Lipinski definition) is 1. The van der Waals surface area contributed by atoms with Crippen molar-refractivity contribution in [3.8, 4) is 0 Å². The van der Waals surface area contributed by atoms with Crippen LogP contribution in [0.25, 0.3) is 0 Å². The van der Waals surface area contributed by atoms with Crippen LogP contribution in [0, 0.1) is 30.1 Å². The van der Waals surface area contributed by atoms with Crippen LogP contribution < -0.4 is 5.73 Å². The van der Waals surface area contributed by atoms with Gasteiger partial charge in [-0.2, -0.15) is 0 Å². The van der Waals surface area contributed by atoms with Crippen molar-refractivity contribution >= 4 is 11.3 Å². The van der Waals surface area contributed by atoms with E-state index in [1.165, 1.54) is 43.5 Å². The fourth-order valence-electron chi connectivity index (χ4n) is 5.34. The quantitative estimate of drug-likeness (QED) is 0.883. The molecule has 1 heterocycles. The molecule has 0 aromatic carbocycles. The van der Waals surface area contributed by atoms with E-state index < -0.39 is 0 Å². The molecule has 4 aliphatic rings. The van der Waals surface area contributed by atoms with Gasteiger partial charge in [-0.1, -0.05) is 0 Å². The second kappa shape index (κ2) is 3.80. The summed E-state index contributed by atoms with van der Waals surface area (Å²) >= 11 is 1.77. The molecule has 3 heteroatoms. The first kappa shape index (κ1) is 11.4. The molecule has 4 bridgehead atoms. The van der Waals surface area contributed by atoms with E-state index in [4.69, 9.17) is 5.73 Å². The molecule has 0 saturated heterocycles. The van der Waals surface area contributed by atoms with Crippen LogP contribution >= 0.6 is 11.3 Å². The van der Waals surface area contributed by atoms with Crippen LogP contribution in [0.3, 0.4) is 0 Å². The fraction of sp³-hybridized carbons (Fsp3) is 0.800. The molecule has 4 fully saturated rings. The first-order valence-electron chi connectivity index (χ1n) is 7.32. The minimum absolute atomic E-state index is 0.199. The van der Waals surface area contributed by atoms with Crippen LogP contribution in [-0.4, -0.2) is 4.98 Å². The van der Waals surface area contributed by atoms with E-state index in [2.05, 4.69) is 17.3 Å². The van der Waals surface area contributed by atoms with Crippen molar-refractivity contribution in [1.82, 2.24) is 4.98 Å². The van der Waals surface area contributed by atoms with Gasteiger partial charge in [0.2, 0.25) is 0 Å². The Morgan fingerprint density at radius 1 is 1.22 bits per heavy atom. The lowest BCUT2D eigenvalue weighted by Crippen LogP contribution is -2.50. The van der Waals surface area contributed by atoms with Crippen molar-refractivity contribution < 1.29 is 0 Å². The third-order valence-electron chi connectivity index (χ3n) is 5.65. The van der Waals surface area contributed by atoms with Gasteiger partial charge in [-0.25, -0.2) is 4.98 Å². The van der Waals surface area contributed by atoms with Gasteiger partial charge >= 0.3 is 0 Å². The van der Waals surface area contributed by atoms with Gasteiger partial charge in [0, 0.05) is 11.1 Å². The summed E-state index contributed by atoms with van der Waals surface area (Å²) in [5.74, 6) is 2.93. The van der Waals surface area contributed by atoms with Gasteiger partial charge in [0.1, 0.15) is 5.01 Å².